The number of carbonyl (C=O) groups excluding carboxylic acids is 1. The number of ether oxygens (including phenoxy) is 3. The molecule has 2 aromatic rings. The zero-order chi connectivity index (χ0) is 19.1. The van der Waals surface area contributed by atoms with Crippen LogP contribution in [0.15, 0.2) is 60.2 Å². The van der Waals surface area contributed by atoms with E-state index in [9.17, 15) is 10.1 Å². The average molecular weight is 361 g/mol. The van der Waals surface area contributed by atoms with Crippen LogP contribution in [-0.2, 0) is 9.53 Å². The molecule has 0 aromatic heterocycles. The van der Waals surface area contributed by atoms with Crippen LogP contribution in [0.2, 0.25) is 0 Å². The van der Waals surface area contributed by atoms with Gasteiger partial charge < -0.3 is 14.2 Å². The number of rotatable bonds is 5. The Bertz CT molecular complexity index is 923. The van der Waals surface area contributed by atoms with Crippen molar-refractivity contribution in [2.45, 2.75) is 6.92 Å². The van der Waals surface area contributed by atoms with Gasteiger partial charge in [0.2, 0.25) is 0 Å². The number of hydrogen-bond donors (Lipinski definition) is 0. The molecule has 0 unspecified atom stereocenters. The lowest BCUT2D eigenvalue weighted by Gasteiger charge is -2.18. The van der Waals surface area contributed by atoms with Crippen molar-refractivity contribution in [3.05, 3.63) is 71.3 Å². The lowest BCUT2D eigenvalue weighted by molar-refractivity contribution is -0.137. The molecule has 0 aliphatic carbocycles. The van der Waals surface area contributed by atoms with Crippen LogP contribution in [0, 0.1) is 11.3 Å². The number of benzene rings is 2. The average Bonchev–Trinajstić information content (AvgIpc) is 2.71. The standard InChI is InChI=1S/C22H19NO4/c1-2-25-22(24)19(15-23)18(17-6-4-3-5-7-17)10-8-16-9-11-20-21(14-16)27-13-12-26-20/h3-11,14H,2,12-13H2,1H3/b10-8+,19-18-. The number of hydrogen-bond acceptors (Lipinski definition) is 5. The minimum atomic E-state index is -0.634. The predicted octanol–water partition coefficient (Wildman–Crippen LogP) is 4.01. The van der Waals surface area contributed by atoms with Crippen molar-refractivity contribution >= 4 is 17.6 Å². The molecule has 27 heavy (non-hydrogen) atoms. The predicted molar refractivity (Wildman–Crippen MR) is 102 cm³/mol. The van der Waals surface area contributed by atoms with Crippen LogP contribution in [0.25, 0.3) is 11.6 Å². The van der Waals surface area contributed by atoms with E-state index >= 15 is 0 Å². The lowest BCUT2D eigenvalue weighted by atomic mass is 9.99. The van der Waals surface area contributed by atoms with E-state index in [2.05, 4.69) is 0 Å². The Labute approximate surface area is 158 Å². The molecule has 0 radical (unpaired) electrons. The molecular weight excluding hydrogens is 342 g/mol. The third-order valence-corrected chi connectivity index (χ3v) is 3.95. The Morgan fingerprint density at radius 1 is 1.15 bits per heavy atom. The second-order valence-electron chi connectivity index (χ2n) is 5.72. The van der Waals surface area contributed by atoms with Gasteiger partial charge in [-0.3, -0.25) is 0 Å². The van der Waals surface area contributed by atoms with E-state index in [0.717, 1.165) is 11.1 Å². The highest BCUT2D eigenvalue weighted by Crippen LogP contribution is 2.31. The topological polar surface area (TPSA) is 68.6 Å². The summed E-state index contributed by atoms with van der Waals surface area (Å²) in [6.07, 6.45) is 3.58. The minimum absolute atomic E-state index is 0.0307. The van der Waals surface area contributed by atoms with Gasteiger partial charge in [-0.15, -0.1) is 0 Å². The molecule has 0 amide bonds. The van der Waals surface area contributed by atoms with Crippen LogP contribution < -0.4 is 9.47 Å². The van der Waals surface area contributed by atoms with Crippen molar-refractivity contribution in [3.63, 3.8) is 0 Å². The van der Waals surface area contributed by atoms with Gasteiger partial charge in [-0.25, -0.2) is 4.79 Å². The molecular formula is C22H19NO4. The van der Waals surface area contributed by atoms with Crippen molar-refractivity contribution in [2.75, 3.05) is 19.8 Å². The van der Waals surface area contributed by atoms with Gasteiger partial charge in [-0.2, -0.15) is 5.26 Å². The molecule has 1 heterocycles. The number of esters is 1. The van der Waals surface area contributed by atoms with Crippen LogP contribution in [0.3, 0.4) is 0 Å². The lowest BCUT2D eigenvalue weighted by Crippen LogP contribution is -2.15. The molecule has 0 saturated carbocycles. The van der Waals surface area contributed by atoms with Gasteiger partial charge in [0.25, 0.3) is 0 Å². The largest absolute Gasteiger partial charge is 0.486 e. The maximum absolute atomic E-state index is 12.2. The molecule has 0 spiro atoms. The molecule has 1 aliphatic heterocycles. The first-order valence-electron chi connectivity index (χ1n) is 8.67. The summed E-state index contributed by atoms with van der Waals surface area (Å²) in [6.45, 7) is 2.96. The first-order chi connectivity index (χ1) is 13.2. The fourth-order valence-electron chi connectivity index (χ4n) is 2.70. The van der Waals surface area contributed by atoms with Gasteiger partial charge in [0.05, 0.1) is 6.61 Å². The minimum Gasteiger partial charge on any atom is -0.486 e. The molecule has 0 saturated heterocycles. The smallest absolute Gasteiger partial charge is 0.349 e. The third kappa shape index (κ3) is 4.36. The Balaban J connectivity index is 2.00. The maximum Gasteiger partial charge on any atom is 0.349 e. The Hall–Kier alpha value is -3.52. The second-order valence-corrected chi connectivity index (χ2v) is 5.72. The van der Waals surface area contributed by atoms with Crippen molar-refractivity contribution < 1.29 is 19.0 Å². The van der Waals surface area contributed by atoms with E-state index in [1.165, 1.54) is 0 Å². The van der Waals surface area contributed by atoms with Crippen LogP contribution >= 0.6 is 0 Å². The molecule has 0 N–H and O–H groups in total. The highest BCUT2D eigenvalue weighted by atomic mass is 16.6. The first kappa shape index (κ1) is 18.3. The normalized spacial score (nSPS) is 13.6. The van der Waals surface area contributed by atoms with E-state index in [1.807, 2.05) is 60.7 Å². The van der Waals surface area contributed by atoms with E-state index in [0.29, 0.717) is 30.3 Å². The number of allylic oxidation sites excluding steroid dienone is 2. The maximum atomic E-state index is 12.2. The molecule has 3 rings (SSSR count). The molecule has 0 bridgehead atoms. The molecule has 5 heteroatoms. The SMILES string of the molecule is CCOC(=O)/C(C#N)=C(/C=C/c1ccc2c(c1)OCCO2)c1ccccc1. The number of nitrogens with zero attached hydrogens (tertiary/aromatic N) is 1. The van der Waals surface area contributed by atoms with Gasteiger partial charge >= 0.3 is 5.97 Å². The fourth-order valence-corrected chi connectivity index (χ4v) is 2.70. The van der Waals surface area contributed by atoms with Gasteiger partial charge in [-0.1, -0.05) is 48.6 Å². The van der Waals surface area contributed by atoms with Crippen LogP contribution in [-0.4, -0.2) is 25.8 Å². The molecule has 0 atom stereocenters. The number of carbonyl (C=O) groups is 1. The number of fused-ring (bicyclic) bond motifs is 1. The first-order valence-corrected chi connectivity index (χ1v) is 8.67. The summed E-state index contributed by atoms with van der Waals surface area (Å²) in [5.74, 6) is 0.756. The summed E-state index contributed by atoms with van der Waals surface area (Å²) >= 11 is 0. The third-order valence-electron chi connectivity index (χ3n) is 3.95. The summed E-state index contributed by atoms with van der Waals surface area (Å²) in [7, 11) is 0. The summed E-state index contributed by atoms with van der Waals surface area (Å²) in [5, 5.41) is 9.53. The van der Waals surface area contributed by atoms with Crippen molar-refractivity contribution in [2.24, 2.45) is 0 Å². The number of nitriles is 1. The quantitative estimate of drug-likeness (QED) is 0.348. The van der Waals surface area contributed by atoms with Crippen LogP contribution in [0.4, 0.5) is 0 Å². The van der Waals surface area contributed by atoms with Gasteiger partial charge in [0.15, 0.2) is 11.5 Å². The Kier molecular flexibility index (Phi) is 5.91. The molecule has 0 fully saturated rings. The van der Waals surface area contributed by atoms with Crippen LogP contribution in [0.1, 0.15) is 18.1 Å². The highest BCUT2D eigenvalue weighted by Gasteiger charge is 2.16. The Morgan fingerprint density at radius 2 is 1.89 bits per heavy atom. The highest BCUT2D eigenvalue weighted by molar-refractivity contribution is 6.04. The molecule has 1 aliphatic rings. The Morgan fingerprint density at radius 3 is 2.59 bits per heavy atom. The molecule has 136 valence electrons. The van der Waals surface area contributed by atoms with Gasteiger partial charge in [-0.05, 0) is 30.2 Å². The van der Waals surface area contributed by atoms with Crippen molar-refractivity contribution in [3.8, 4) is 17.6 Å². The fraction of sp³-hybridized carbons (Fsp3) is 0.182. The zero-order valence-electron chi connectivity index (χ0n) is 15.0. The van der Waals surface area contributed by atoms with Crippen molar-refractivity contribution in [1.29, 1.82) is 5.26 Å². The molecule has 2 aromatic carbocycles. The van der Waals surface area contributed by atoms with Crippen molar-refractivity contribution in [1.82, 2.24) is 0 Å². The van der Waals surface area contributed by atoms with E-state index in [4.69, 9.17) is 14.2 Å². The van der Waals surface area contributed by atoms with E-state index < -0.39 is 5.97 Å². The summed E-state index contributed by atoms with van der Waals surface area (Å²) in [4.78, 5) is 12.2. The summed E-state index contributed by atoms with van der Waals surface area (Å²) in [6, 6.07) is 16.9. The second kappa shape index (κ2) is 8.72. The summed E-state index contributed by atoms with van der Waals surface area (Å²) in [5.41, 5.74) is 2.10. The van der Waals surface area contributed by atoms with E-state index in [-0.39, 0.29) is 12.2 Å². The zero-order valence-corrected chi connectivity index (χ0v) is 15.0. The van der Waals surface area contributed by atoms with Gasteiger partial charge in [0.1, 0.15) is 24.9 Å². The molecule has 5 nitrogen and oxygen atoms in total. The van der Waals surface area contributed by atoms with Gasteiger partial charge in [0, 0.05) is 5.57 Å². The van der Waals surface area contributed by atoms with E-state index in [1.54, 1.807) is 13.0 Å². The summed E-state index contributed by atoms with van der Waals surface area (Å²) < 4.78 is 16.2. The monoisotopic (exact) mass is 361 g/mol. The van der Waals surface area contributed by atoms with Crippen LogP contribution in [0.5, 0.6) is 11.5 Å².